The zero-order valence-electron chi connectivity index (χ0n) is 7.26. The molecule has 1 saturated carbocycles. The molecule has 0 saturated heterocycles. The van der Waals surface area contributed by atoms with Gasteiger partial charge in [-0.1, -0.05) is 15.9 Å². The zero-order chi connectivity index (χ0) is 8.48. The third-order valence-corrected chi connectivity index (χ3v) is 2.27. The molecule has 0 heterocycles. The first kappa shape index (κ1) is 9.53. The zero-order valence-corrected chi connectivity index (χ0v) is 8.85. The number of rotatable bonds is 2. The van der Waals surface area contributed by atoms with Crippen LogP contribution in [0.1, 0.15) is 0 Å². The molecule has 1 aliphatic carbocycles. The molecule has 11 heavy (non-hydrogen) atoms. The fourth-order valence-corrected chi connectivity index (χ4v) is 1.48. The van der Waals surface area contributed by atoms with Gasteiger partial charge in [0.2, 0.25) is 0 Å². The maximum absolute atomic E-state index is 3.51. The highest BCUT2D eigenvalue weighted by molar-refractivity contribution is 9.11. The highest BCUT2D eigenvalue weighted by Gasteiger charge is 2.31. The van der Waals surface area contributed by atoms with E-state index in [-0.39, 0.29) is 0 Å². The molecule has 1 aliphatic rings. The van der Waals surface area contributed by atoms with Crippen molar-refractivity contribution in [3.63, 3.8) is 0 Å². The van der Waals surface area contributed by atoms with E-state index in [1.54, 1.807) is 0 Å². The van der Waals surface area contributed by atoms with Crippen LogP contribution in [-0.4, -0.2) is 32.2 Å². The summed E-state index contributed by atoms with van der Waals surface area (Å²) in [6.07, 6.45) is 6.33. The summed E-state index contributed by atoms with van der Waals surface area (Å²) in [6.45, 7) is 1.08. The van der Waals surface area contributed by atoms with Crippen molar-refractivity contribution < 1.29 is 4.48 Å². The monoisotopic (exact) mass is 215 g/mol. The minimum absolute atomic E-state index is 0.975. The van der Waals surface area contributed by atoms with E-state index in [0.29, 0.717) is 0 Å². The molecule has 0 aromatic heterocycles. The van der Waals surface area contributed by atoms with Crippen LogP contribution < -0.4 is 0 Å². The van der Waals surface area contributed by atoms with Gasteiger partial charge >= 0.3 is 0 Å². The van der Waals surface area contributed by atoms with Gasteiger partial charge in [-0.25, -0.2) is 0 Å². The van der Waals surface area contributed by atoms with Crippen LogP contribution in [-0.2, 0) is 0 Å². The van der Waals surface area contributed by atoms with E-state index in [1.807, 2.05) is 0 Å². The van der Waals surface area contributed by atoms with Crippen molar-refractivity contribution in [2.24, 2.45) is 0 Å². The molecule has 61 valence electrons. The van der Waals surface area contributed by atoms with Crippen LogP contribution in [0.25, 0.3) is 0 Å². The Balaban J connectivity index is 2.37. The van der Waals surface area contributed by atoms with Crippen LogP contribution in [0.3, 0.4) is 0 Å². The Hall–Kier alpha value is 0.440. The molecule has 0 aromatic rings. The number of halogens is 1. The standard InChI is InChI=1S/C9H14BrN/c1-11(2,3)7-8-5-4-6-9(8)10/h4-6H,7H2,1-3H3/q+1. The normalized spacial score (nSPS) is 22.9. The summed E-state index contributed by atoms with van der Waals surface area (Å²) in [5, 5.41) is 0. The van der Waals surface area contributed by atoms with Gasteiger partial charge in [0.05, 0.1) is 38.4 Å². The number of nitrogens with zero attached hydrogens (tertiary/aromatic N) is 1. The lowest BCUT2D eigenvalue weighted by Gasteiger charge is -2.27. The lowest BCUT2D eigenvalue weighted by atomic mass is 10.1. The van der Waals surface area contributed by atoms with E-state index in [4.69, 9.17) is 0 Å². The smallest absolute Gasteiger partial charge is 0.0863 e. The Morgan fingerprint density at radius 2 is 1.91 bits per heavy atom. The third kappa shape index (κ3) is 3.12. The van der Waals surface area contributed by atoms with Crippen molar-refractivity contribution in [1.29, 1.82) is 0 Å². The largest absolute Gasteiger partial charge is 0.330 e. The van der Waals surface area contributed by atoms with Crippen molar-refractivity contribution in [2.45, 2.75) is 0 Å². The lowest BCUT2D eigenvalue weighted by Crippen LogP contribution is -2.38. The second kappa shape index (κ2) is 3.44. The minimum Gasteiger partial charge on any atom is -0.330 e. The van der Waals surface area contributed by atoms with E-state index in [1.165, 1.54) is 10.7 Å². The fraction of sp³-hybridized carbons (Fsp3) is 0.444. The summed E-state index contributed by atoms with van der Waals surface area (Å²) in [5.41, 5.74) is 0. The average molecular weight is 216 g/mol. The van der Waals surface area contributed by atoms with Gasteiger partial charge < -0.3 is 4.48 Å². The van der Waals surface area contributed by atoms with Crippen molar-refractivity contribution >= 4 is 15.9 Å². The van der Waals surface area contributed by atoms with Gasteiger partial charge in [0, 0.05) is 0 Å². The first-order valence-electron chi connectivity index (χ1n) is 3.69. The van der Waals surface area contributed by atoms with E-state index in [9.17, 15) is 0 Å². The summed E-state index contributed by atoms with van der Waals surface area (Å²) in [4.78, 5) is 1.23. The molecule has 1 rings (SSSR count). The van der Waals surface area contributed by atoms with Crippen LogP contribution in [0.15, 0.2) is 0 Å². The molecule has 1 nitrogen and oxygen atoms in total. The van der Waals surface area contributed by atoms with Gasteiger partial charge in [-0.2, -0.15) is 0 Å². The predicted octanol–water partition coefficient (Wildman–Crippen LogP) is 1.82. The van der Waals surface area contributed by atoms with E-state index >= 15 is 0 Å². The maximum atomic E-state index is 3.51. The summed E-state index contributed by atoms with van der Waals surface area (Å²) < 4.78 is 0.975. The van der Waals surface area contributed by atoms with Crippen molar-refractivity contribution in [1.82, 2.24) is 0 Å². The summed E-state index contributed by atoms with van der Waals surface area (Å²) in [7, 11) is 6.58. The second-order valence-corrected chi connectivity index (χ2v) is 4.70. The van der Waals surface area contributed by atoms with Gasteiger partial charge in [-0.3, -0.25) is 0 Å². The highest BCUT2D eigenvalue weighted by atomic mass is 79.9. The fourth-order valence-electron chi connectivity index (χ4n) is 1.07. The SMILES string of the molecule is C[N+](C)(C)C[C]1[CH][CH][CH][C]1Br. The Labute approximate surface area is 78.5 Å². The molecule has 1 fully saturated rings. The molecule has 0 aliphatic heterocycles. The molecule has 0 amide bonds. The quantitative estimate of drug-likeness (QED) is 0.617. The molecule has 5 radical (unpaired) electrons. The summed E-state index contributed by atoms with van der Waals surface area (Å²) in [6, 6.07) is 0. The summed E-state index contributed by atoms with van der Waals surface area (Å²) in [5.74, 6) is 1.39. The first-order valence-corrected chi connectivity index (χ1v) is 4.49. The van der Waals surface area contributed by atoms with Gasteiger partial charge in [0.1, 0.15) is 0 Å². The van der Waals surface area contributed by atoms with Gasteiger partial charge in [0.25, 0.3) is 0 Å². The number of hydrogen-bond acceptors (Lipinski definition) is 0. The van der Waals surface area contributed by atoms with Crippen LogP contribution >= 0.6 is 15.9 Å². The van der Waals surface area contributed by atoms with Crippen LogP contribution in [0.2, 0.25) is 0 Å². The topological polar surface area (TPSA) is 0 Å². The maximum Gasteiger partial charge on any atom is 0.0863 e. The van der Waals surface area contributed by atoms with Crippen LogP contribution in [0, 0.1) is 30.0 Å². The molecular weight excluding hydrogens is 202 g/mol. The second-order valence-electron chi connectivity index (χ2n) is 3.85. The van der Waals surface area contributed by atoms with E-state index in [0.717, 1.165) is 11.0 Å². The van der Waals surface area contributed by atoms with Crippen LogP contribution in [0.5, 0.6) is 0 Å². The van der Waals surface area contributed by atoms with E-state index < -0.39 is 0 Å². The molecule has 0 N–H and O–H groups in total. The molecule has 0 unspecified atom stereocenters. The first-order chi connectivity index (χ1) is 4.99. The molecule has 0 spiro atoms. The van der Waals surface area contributed by atoms with Crippen molar-refractivity contribution in [3.05, 3.63) is 30.0 Å². The predicted molar refractivity (Wildman–Crippen MR) is 51.2 cm³/mol. The third-order valence-electron chi connectivity index (χ3n) is 1.49. The molecule has 2 heteroatoms. The highest BCUT2D eigenvalue weighted by Crippen LogP contribution is 2.38. The van der Waals surface area contributed by atoms with Gasteiger partial charge in [-0.15, -0.1) is 0 Å². The van der Waals surface area contributed by atoms with Gasteiger partial charge in [0.15, 0.2) is 0 Å². The van der Waals surface area contributed by atoms with Gasteiger partial charge in [-0.05, 0) is 19.3 Å². The number of quaternary nitrogens is 1. The lowest BCUT2D eigenvalue weighted by molar-refractivity contribution is -0.867. The molecule has 0 aromatic carbocycles. The minimum atomic E-state index is 0.975. The number of hydrogen-bond donors (Lipinski definition) is 0. The van der Waals surface area contributed by atoms with Crippen LogP contribution in [0.4, 0.5) is 0 Å². The molecule has 0 bridgehead atoms. The van der Waals surface area contributed by atoms with Crippen molar-refractivity contribution in [3.8, 4) is 0 Å². The Kier molecular flexibility index (Phi) is 2.98. The average Bonchev–Trinajstić information content (AvgIpc) is 2.12. The Bertz CT molecular complexity index is 128. The molecule has 0 atom stereocenters. The van der Waals surface area contributed by atoms with E-state index in [2.05, 4.69) is 56.3 Å². The Morgan fingerprint density at radius 3 is 2.27 bits per heavy atom. The van der Waals surface area contributed by atoms with Crippen molar-refractivity contribution in [2.75, 3.05) is 27.7 Å². The molecular formula is C9H14BrN+. The Morgan fingerprint density at radius 1 is 1.27 bits per heavy atom. The summed E-state index contributed by atoms with van der Waals surface area (Å²) >= 11 is 3.51.